The van der Waals surface area contributed by atoms with E-state index >= 15 is 0 Å². The van der Waals surface area contributed by atoms with Crippen LogP contribution in [0.4, 0.5) is 0 Å². The van der Waals surface area contributed by atoms with E-state index in [1.807, 2.05) is 13.8 Å². The molecular weight excluding hydrogens is 270 g/mol. The van der Waals surface area contributed by atoms with Crippen molar-refractivity contribution in [2.24, 2.45) is 10.9 Å². The van der Waals surface area contributed by atoms with Crippen molar-refractivity contribution < 1.29 is 21.1 Å². The van der Waals surface area contributed by atoms with Crippen molar-refractivity contribution >= 4 is 5.71 Å². The van der Waals surface area contributed by atoms with Gasteiger partial charge in [-0.2, -0.15) is 7.05 Å². The summed E-state index contributed by atoms with van der Waals surface area (Å²) >= 11 is 0. The monoisotopic (exact) mass is 281 g/mol. The van der Waals surface area contributed by atoms with Crippen molar-refractivity contribution in [3.8, 4) is 0 Å². The van der Waals surface area contributed by atoms with Crippen LogP contribution in [0.3, 0.4) is 0 Å². The van der Waals surface area contributed by atoms with Crippen LogP contribution in [0, 0.1) is 19.9 Å². The Balaban J connectivity index is 0. The molecule has 8 heavy (non-hydrogen) atoms. The van der Waals surface area contributed by atoms with Gasteiger partial charge in [0.05, 0.1) is 0 Å². The van der Waals surface area contributed by atoms with Gasteiger partial charge in [0, 0.05) is 0 Å². The second kappa shape index (κ2) is 5.24. The summed E-state index contributed by atoms with van der Waals surface area (Å²) in [4.78, 5) is 3.64. The molecule has 0 rings (SSSR count). The molecule has 0 heterocycles. The minimum absolute atomic E-state index is 0. The summed E-state index contributed by atoms with van der Waals surface area (Å²) in [5.41, 5.74) is 0.861. The quantitative estimate of drug-likeness (QED) is 0.512. The normalized spacial score (nSPS) is 11.1. The van der Waals surface area contributed by atoms with Crippen molar-refractivity contribution in [3.05, 3.63) is 14.0 Å². The fourth-order valence-electron chi connectivity index (χ4n) is 0.183. The van der Waals surface area contributed by atoms with Gasteiger partial charge in [0.1, 0.15) is 0 Å². The van der Waals surface area contributed by atoms with Gasteiger partial charge < -0.3 is 11.9 Å². The minimum Gasteiger partial charge on any atom is -0.488 e. The maximum Gasteiger partial charge on any atom is 2.00 e. The second-order valence-electron chi connectivity index (χ2n) is 1.80. The van der Waals surface area contributed by atoms with Crippen LogP contribution in [-0.4, -0.2) is 5.71 Å². The number of hydrogen-bond donors (Lipinski definition) is 0. The Kier molecular flexibility index (Phi) is 7.19. The van der Waals surface area contributed by atoms with E-state index in [0.717, 1.165) is 5.71 Å². The molecule has 46 valence electrons. The predicted octanol–water partition coefficient (Wildman–Crippen LogP) is 1.71. The molecule has 0 bridgehead atoms. The van der Waals surface area contributed by atoms with Crippen LogP contribution < -0.4 is 0 Å². The summed E-state index contributed by atoms with van der Waals surface area (Å²) < 4.78 is 0. The first-order valence-electron chi connectivity index (χ1n) is 2.34. The Morgan fingerprint density at radius 3 is 1.88 bits per heavy atom. The third kappa shape index (κ3) is 4.26. The third-order valence-corrected chi connectivity index (χ3v) is 0.870. The Labute approximate surface area is 65.8 Å². The molecule has 1 nitrogen and oxygen atoms in total. The van der Waals surface area contributed by atoms with E-state index in [0.29, 0.717) is 5.92 Å². The smallest absolute Gasteiger partial charge is 0.488 e. The number of hydrogen-bond acceptors (Lipinski definition) is 1. The molecule has 0 saturated carbocycles. The molecule has 0 aromatic carbocycles. The van der Waals surface area contributed by atoms with Gasteiger partial charge in [0.15, 0.2) is 0 Å². The summed E-state index contributed by atoms with van der Waals surface area (Å²) in [7, 11) is 3.33. The van der Waals surface area contributed by atoms with E-state index in [1.165, 1.54) is 0 Å². The van der Waals surface area contributed by atoms with Gasteiger partial charge in [-0.3, -0.25) is 5.71 Å². The van der Waals surface area contributed by atoms with Crippen LogP contribution in [-0.2, 0) is 21.1 Å². The maximum atomic E-state index is 3.64. The van der Waals surface area contributed by atoms with Gasteiger partial charge in [-0.15, -0.1) is 5.92 Å². The zero-order chi connectivity index (χ0) is 5.86. The van der Waals surface area contributed by atoms with E-state index in [1.54, 1.807) is 0 Å². The summed E-state index contributed by atoms with van der Waals surface area (Å²) in [6, 6.07) is 0. The molecule has 0 aromatic rings. The zero-order valence-electron chi connectivity index (χ0n) is 5.35. The Hall–Kier alpha value is 0.0983. The van der Waals surface area contributed by atoms with Gasteiger partial charge >= 0.3 is 21.1 Å². The molecule has 0 saturated heterocycles. The Morgan fingerprint density at radius 1 is 1.50 bits per heavy atom. The number of aliphatic imine (C=N–C) groups is 1. The molecule has 0 aliphatic carbocycles. The van der Waals surface area contributed by atoms with Gasteiger partial charge in [-0.05, 0) is 0 Å². The third-order valence-electron chi connectivity index (χ3n) is 0.870. The van der Waals surface area contributed by atoms with Crippen molar-refractivity contribution in [3.63, 3.8) is 0 Å². The number of nitrogens with zero attached hydrogens (tertiary/aromatic N) is 1. The summed E-state index contributed by atoms with van der Waals surface area (Å²) in [6.45, 7) is 7.72. The largest absolute Gasteiger partial charge is 2.00 e. The molecule has 0 unspecified atom stereocenters. The van der Waals surface area contributed by atoms with E-state index < -0.39 is 0 Å². The van der Waals surface area contributed by atoms with Crippen LogP contribution >= 0.6 is 0 Å². The van der Waals surface area contributed by atoms with Crippen molar-refractivity contribution in [2.75, 3.05) is 0 Å². The standard InChI is InChI=1S/C6H11N.W/c1-5(2)6(3)7-4;/h5H,3-4H2,1-2H3;/q-2;+2. The Morgan fingerprint density at radius 2 is 1.88 bits per heavy atom. The fraction of sp³-hybridized carbons (Fsp3) is 0.500. The molecule has 2 heteroatoms. The van der Waals surface area contributed by atoms with E-state index in [2.05, 4.69) is 19.0 Å². The van der Waals surface area contributed by atoms with Crippen LogP contribution in [0.2, 0.25) is 0 Å². The molecular formula is C6H11NW. The van der Waals surface area contributed by atoms with Gasteiger partial charge in [-0.1, -0.05) is 13.8 Å². The first kappa shape index (κ1) is 11.0. The molecule has 0 aromatic heterocycles. The van der Waals surface area contributed by atoms with Crippen molar-refractivity contribution in [2.45, 2.75) is 13.8 Å². The molecule has 0 radical (unpaired) electrons. The fourth-order valence-corrected chi connectivity index (χ4v) is 0.183. The summed E-state index contributed by atoms with van der Waals surface area (Å²) in [6.07, 6.45) is 0. The molecule has 0 fully saturated rings. The van der Waals surface area contributed by atoms with E-state index in [9.17, 15) is 0 Å². The summed E-state index contributed by atoms with van der Waals surface area (Å²) in [5, 5.41) is 0. The Bertz CT molecular complexity index is 76.6. The van der Waals surface area contributed by atoms with Gasteiger partial charge in [0.2, 0.25) is 0 Å². The second-order valence-corrected chi connectivity index (χ2v) is 1.80. The summed E-state index contributed by atoms with van der Waals surface area (Å²) in [5.74, 6) is 0.442. The minimum atomic E-state index is 0. The van der Waals surface area contributed by atoms with Crippen molar-refractivity contribution in [1.29, 1.82) is 0 Å². The predicted molar refractivity (Wildman–Crippen MR) is 33.0 cm³/mol. The molecule has 0 aliphatic heterocycles. The van der Waals surface area contributed by atoms with Crippen LogP contribution in [0.25, 0.3) is 0 Å². The van der Waals surface area contributed by atoms with Crippen LogP contribution in [0.1, 0.15) is 13.8 Å². The van der Waals surface area contributed by atoms with E-state index in [-0.39, 0.29) is 21.1 Å². The molecule has 0 amide bonds. The van der Waals surface area contributed by atoms with Crippen LogP contribution in [0.15, 0.2) is 4.99 Å². The molecule has 0 aliphatic rings. The number of rotatable bonds is 1. The van der Waals surface area contributed by atoms with Gasteiger partial charge in [0.25, 0.3) is 0 Å². The zero-order valence-corrected chi connectivity index (χ0v) is 8.28. The first-order valence-corrected chi connectivity index (χ1v) is 2.34. The van der Waals surface area contributed by atoms with Crippen LogP contribution in [0.5, 0.6) is 0 Å². The SMILES string of the molecule is [CH2-]N=C([CH2-])C(C)C.[W+2]. The molecule has 0 spiro atoms. The first-order chi connectivity index (χ1) is 3.18. The average Bonchev–Trinajstić information content (AvgIpc) is 1.65. The molecule has 0 N–H and O–H groups in total. The van der Waals surface area contributed by atoms with E-state index in [4.69, 9.17) is 0 Å². The molecule has 0 atom stereocenters. The van der Waals surface area contributed by atoms with Gasteiger partial charge in [-0.25, -0.2) is 0 Å². The van der Waals surface area contributed by atoms with Crippen molar-refractivity contribution in [1.82, 2.24) is 0 Å². The topological polar surface area (TPSA) is 12.4 Å². The average molecular weight is 281 g/mol. The maximum absolute atomic E-state index is 3.64.